The number of nitrogens with zero attached hydrogens (tertiary/aromatic N) is 1. The van der Waals surface area contributed by atoms with E-state index >= 15 is 0 Å². The minimum absolute atomic E-state index is 0.0544. The third kappa shape index (κ3) is 5.88. The molecule has 4 rings (SSSR count). The normalized spacial score (nSPS) is 13.8. The van der Waals surface area contributed by atoms with Gasteiger partial charge in [0.1, 0.15) is 11.5 Å². The van der Waals surface area contributed by atoms with E-state index in [-0.39, 0.29) is 24.0 Å². The van der Waals surface area contributed by atoms with Gasteiger partial charge in [0.25, 0.3) is 5.91 Å². The van der Waals surface area contributed by atoms with E-state index in [2.05, 4.69) is 31.4 Å². The number of carbonyl (C=O) groups is 2. The molecule has 0 aromatic heterocycles. The monoisotopic (exact) mass is 491 g/mol. The maximum Gasteiger partial charge on any atom is 0.323 e. The number of benzene rings is 3. The molecule has 0 saturated carbocycles. The summed E-state index contributed by atoms with van der Waals surface area (Å²) in [6.07, 6.45) is 0. The quantitative estimate of drug-likeness (QED) is 0.505. The zero-order valence-corrected chi connectivity index (χ0v) is 21.2. The minimum atomic E-state index is -0.388. The van der Waals surface area contributed by atoms with Crippen molar-refractivity contribution in [3.05, 3.63) is 60.2 Å². The molecule has 0 radical (unpaired) electrons. The molecule has 0 atom stereocenters. The summed E-state index contributed by atoms with van der Waals surface area (Å²) in [5.74, 6) is 1.09. The van der Waals surface area contributed by atoms with Gasteiger partial charge in [-0.3, -0.25) is 4.79 Å². The summed E-state index contributed by atoms with van der Waals surface area (Å²) in [7, 11) is 1.57. The molecular weight excluding hydrogens is 458 g/mol. The van der Waals surface area contributed by atoms with Gasteiger partial charge < -0.3 is 29.7 Å². The van der Waals surface area contributed by atoms with E-state index in [0.29, 0.717) is 49.2 Å². The first-order valence-electron chi connectivity index (χ1n) is 12.0. The molecule has 3 amide bonds. The number of urea groups is 1. The van der Waals surface area contributed by atoms with Crippen LogP contribution in [0.5, 0.6) is 11.5 Å². The largest absolute Gasteiger partial charge is 0.495 e. The second-order valence-corrected chi connectivity index (χ2v) is 9.68. The van der Waals surface area contributed by atoms with Crippen LogP contribution in [0.4, 0.5) is 16.2 Å². The molecule has 36 heavy (non-hydrogen) atoms. The van der Waals surface area contributed by atoms with Crippen LogP contribution in [-0.4, -0.2) is 56.9 Å². The molecule has 1 aliphatic heterocycles. The van der Waals surface area contributed by atoms with Crippen LogP contribution in [0.25, 0.3) is 10.8 Å². The zero-order valence-electron chi connectivity index (χ0n) is 21.2. The summed E-state index contributed by atoms with van der Waals surface area (Å²) in [4.78, 5) is 27.2. The van der Waals surface area contributed by atoms with Gasteiger partial charge in [0, 0.05) is 23.9 Å². The lowest BCUT2D eigenvalue weighted by molar-refractivity contribution is -0.137. The van der Waals surface area contributed by atoms with Crippen LogP contribution < -0.4 is 20.1 Å². The van der Waals surface area contributed by atoms with Crippen molar-refractivity contribution in [3.8, 4) is 11.5 Å². The molecule has 190 valence electrons. The van der Waals surface area contributed by atoms with Crippen molar-refractivity contribution in [1.29, 1.82) is 0 Å². The highest BCUT2D eigenvalue weighted by atomic mass is 16.5. The highest BCUT2D eigenvalue weighted by Crippen LogP contribution is 2.33. The summed E-state index contributed by atoms with van der Waals surface area (Å²) in [6, 6.07) is 16.5. The van der Waals surface area contributed by atoms with E-state index in [1.54, 1.807) is 24.1 Å². The maximum absolute atomic E-state index is 13.0. The smallest absolute Gasteiger partial charge is 0.323 e. The Morgan fingerprint density at radius 1 is 0.917 bits per heavy atom. The topological polar surface area (TPSA) is 89.1 Å². The number of hydrogen-bond acceptors (Lipinski definition) is 5. The Hall–Kier alpha value is -3.78. The lowest BCUT2D eigenvalue weighted by Gasteiger charge is -2.26. The first-order valence-corrected chi connectivity index (χ1v) is 12.0. The van der Waals surface area contributed by atoms with E-state index in [4.69, 9.17) is 14.2 Å². The van der Waals surface area contributed by atoms with E-state index in [9.17, 15) is 9.59 Å². The molecule has 1 aliphatic rings. The Morgan fingerprint density at radius 2 is 1.58 bits per heavy atom. The number of amides is 3. The standard InChI is InChI=1S/C28H33N3O5/c1-28(2,3)19-9-11-25(34-4)23(17-19)30-27(33)29-22-10-12-24(21-8-6-5-7-20(21)22)36-18-26(32)31-13-15-35-16-14-31/h5-12,17H,13-16,18H2,1-4H3,(H2,29,30,33). The summed E-state index contributed by atoms with van der Waals surface area (Å²) in [5, 5.41) is 7.46. The number of morpholine rings is 1. The molecule has 3 aromatic rings. The Labute approximate surface area is 211 Å². The second kappa shape index (κ2) is 10.9. The molecule has 8 heteroatoms. The van der Waals surface area contributed by atoms with Gasteiger partial charge in [-0.05, 0) is 35.2 Å². The van der Waals surface area contributed by atoms with Crippen LogP contribution in [0.1, 0.15) is 26.3 Å². The molecule has 0 aliphatic carbocycles. The van der Waals surface area contributed by atoms with Gasteiger partial charge in [-0.15, -0.1) is 0 Å². The van der Waals surface area contributed by atoms with Crippen LogP contribution in [0.15, 0.2) is 54.6 Å². The van der Waals surface area contributed by atoms with Gasteiger partial charge in [0.05, 0.1) is 31.7 Å². The molecule has 8 nitrogen and oxygen atoms in total. The van der Waals surface area contributed by atoms with Crippen molar-refractivity contribution in [2.75, 3.05) is 50.7 Å². The van der Waals surface area contributed by atoms with Crippen LogP contribution in [0, 0.1) is 0 Å². The summed E-state index contributed by atoms with van der Waals surface area (Å²) < 4.78 is 16.6. The highest BCUT2D eigenvalue weighted by molar-refractivity contribution is 6.08. The van der Waals surface area contributed by atoms with Crippen LogP contribution in [0.2, 0.25) is 0 Å². The Bertz CT molecular complexity index is 1250. The molecule has 1 saturated heterocycles. The molecule has 1 fully saturated rings. The predicted molar refractivity (Wildman–Crippen MR) is 141 cm³/mol. The van der Waals surface area contributed by atoms with Crippen molar-refractivity contribution in [3.63, 3.8) is 0 Å². The summed E-state index contributed by atoms with van der Waals surface area (Å²) >= 11 is 0. The van der Waals surface area contributed by atoms with Crippen molar-refractivity contribution in [2.45, 2.75) is 26.2 Å². The summed E-state index contributed by atoms with van der Waals surface area (Å²) in [5.41, 5.74) is 2.22. The third-order valence-corrected chi connectivity index (χ3v) is 6.16. The van der Waals surface area contributed by atoms with Crippen molar-refractivity contribution in [1.82, 2.24) is 4.90 Å². The first kappa shape index (κ1) is 25.3. The number of nitrogens with one attached hydrogen (secondary N) is 2. The SMILES string of the molecule is COc1ccc(C(C)(C)C)cc1NC(=O)Nc1ccc(OCC(=O)N2CCOCC2)c2ccccc12. The van der Waals surface area contributed by atoms with Gasteiger partial charge in [0.2, 0.25) is 0 Å². The second-order valence-electron chi connectivity index (χ2n) is 9.68. The number of ether oxygens (including phenoxy) is 3. The minimum Gasteiger partial charge on any atom is -0.495 e. The number of fused-ring (bicyclic) bond motifs is 1. The average molecular weight is 492 g/mol. The zero-order chi connectivity index (χ0) is 25.7. The van der Waals surface area contributed by atoms with Gasteiger partial charge >= 0.3 is 6.03 Å². The van der Waals surface area contributed by atoms with Gasteiger partial charge in [-0.2, -0.15) is 0 Å². The molecule has 1 heterocycles. The highest BCUT2D eigenvalue weighted by Gasteiger charge is 2.19. The molecular formula is C28H33N3O5. The van der Waals surface area contributed by atoms with Crippen LogP contribution in [-0.2, 0) is 14.9 Å². The Balaban J connectivity index is 1.50. The molecule has 0 spiro atoms. The number of rotatable bonds is 6. The first-order chi connectivity index (χ1) is 17.3. The van der Waals surface area contributed by atoms with E-state index in [1.165, 1.54) is 0 Å². The lowest BCUT2D eigenvalue weighted by Crippen LogP contribution is -2.42. The molecule has 3 aromatic carbocycles. The fourth-order valence-corrected chi connectivity index (χ4v) is 4.10. The van der Waals surface area contributed by atoms with Crippen molar-refractivity contribution >= 4 is 34.1 Å². The predicted octanol–water partition coefficient (Wildman–Crippen LogP) is 5.03. The summed E-state index contributed by atoms with van der Waals surface area (Å²) in [6.45, 7) is 8.53. The molecule has 2 N–H and O–H groups in total. The van der Waals surface area contributed by atoms with Crippen molar-refractivity contribution < 1.29 is 23.8 Å². The molecule has 0 bridgehead atoms. The van der Waals surface area contributed by atoms with Gasteiger partial charge in [-0.25, -0.2) is 4.79 Å². The lowest BCUT2D eigenvalue weighted by atomic mass is 9.87. The van der Waals surface area contributed by atoms with E-state index < -0.39 is 0 Å². The van der Waals surface area contributed by atoms with Gasteiger partial charge in [-0.1, -0.05) is 51.1 Å². The fourth-order valence-electron chi connectivity index (χ4n) is 4.10. The Morgan fingerprint density at radius 3 is 2.28 bits per heavy atom. The average Bonchev–Trinajstić information content (AvgIpc) is 2.88. The van der Waals surface area contributed by atoms with E-state index in [0.717, 1.165) is 16.3 Å². The van der Waals surface area contributed by atoms with Crippen molar-refractivity contribution in [2.24, 2.45) is 0 Å². The van der Waals surface area contributed by atoms with Gasteiger partial charge in [0.15, 0.2) is 6.61 Å². The van der Waals surface area contributed by atoms with Crippen LogP contribution in [0.3, 0.4) is 0 Å². The maximum atomic E-state index is 13.0. The number of methoxy groups -OCH3 is 1. The third-order valence-electron chi connectivity index (χ3n) is 6.16. The fraction of sp³-hybridized carbons (Fsp3) is 0.357. The van der Waals surface area contributed by atoms with Crippen LogP contribution >= 0.6 is 0 Å². The van der Waals surface area contributed by atoms with E-state index in [1.807, 2.05) is 42.5 Å². The number of carbonyl (C=O) groups excluding carboxylic acids is 2. The number of anilines is 2. The molecule has 0 unspecified atom stereocenters. The Kier molecular flexibility index (Phi) is 7.64. The number of hydrogen-bond donors (Lipinski definition) is 2.